The number of nitrogens with zero attached hydrogens (tertiary/aromatic N) is 2. The number of rotatable bonds is 13. The highest BCUT2D eigenvalue weighted by Crippen LogP contribution is 2.19. The van der Waals surface area contributed by atoms with Crippen LogP contribution in [0.1, 0.15) is 38.7 Å². The molecule has 1 saturated heterocycles. The first-order valence-corrected chi connectivity index (χ1v) is 11.4. The summed E-state index contributed by atoms with van der Waals surface area (Å²) in [6.07, 6.45) is 3.04. The summed E-state index contributed by atoms with van der Waals surface area (Å²) in [7, 11) is 0. The number of aliphatic imine (C=N–C) groups is 1. The molecule has 1 fully saturated rings. The highest BCUT2D eigenvalue weighted by atomic mass is 127. The highest BCUT2D eigenvalue weighted by Gasteiger charge is 2.11. The number of guanidine groups is 1. The molecule has 1 aliphatic rings. The number of aliphatic hydroxyl groups excluding tert-OH is 1. The monoisotopic (exact) mass is 548 g/mol. The largest absolute Gasteiger partial charge is 0.492 e. The Morgan fingerprint density at radius 2 is 1.97 bits per heavy atom. The molecule has 178 valence electrons. The lowest BCUT2D eigenvalue weighted by Gasteiger charge is -2.26. The standard InChI is InChI=1S/C23H40N4O3.HI/c1-3-7-20(10-14-28)18-25-23(24-4-2)26-19-21-8-5-6-9-22(21)30-17-13-27-11-15-29-16-12-27;/h5-6,8-9,20,28H,3-4,7,10-19H2,1-2H3,(H2,24,25,26);1H. The van der Waals surface area contributed by atoms with Crippen molar-refractivity contribution in [2.75, 3.05) is 59.2 Å². The lowest BCUT2D eigenvalue weighted by atomic mass is 10.0. The molecule has 1 aromatic rings. The minimum absolute atomic E-state index is 0. The van der Waals surface area contributed by atoms with Crippen molar-refractivity contribution in [1.29, 1.82) is 0 Å². The molecular formula is C23H41IN4O3. The molecule has 0 aromatic heterocycles. The minimum atomic E-state index is 0. The average molecular weight is 549 g/mol. The van der Waals surface area contributed by atoms with E-state index < -0.39 is 0 Å². The van der Waals surface area contributed by atoms with Gasteiger partial charge in [-0.1, -0.05) is 31.5 Å². The molecule has 1 aromatic carbocycles. The third-order valence-corrected chi connectivity index (χ3v) is 5.29. The number of hydrogen-bond acceptors (Lipinski definition) is 5. The second kappa shape index (κ2) is 17.5. The Morgan fingerprint density at radius 1 is 1.19 bits per heavy atom. The van der Waals surface area contributed by atoms with E-state index in [1.807, 2.05) is 18.2 Å². The van der Waals surface area contributed by atoms with Gasteiger partial charge in [0.2, 0.25) is 0 Å². The van der Waals surface area contributed by atoms with Gasteiger partial charge in [-0.3, -0.25) is 4.90 Å². The SMILES string of the molecule is CCCC(CCO)CNC(=NCc1ccccc1OCCN1CCOCC1)NCC.I. The molecule has 1 heterocycles. The predicted octanol–water partition coefficient (Wildman–Crippen LogP) is 2.87. The van der Waals surface area contributed by atoms with Crippen molar-refractivity contribution in [3.8, 4) is 5.75 Å². The van der Waals surface area contributed by atoms with E-state index in [4.69, 9.17) is 14.5 Å². The molecule has 31 heavy (non-hydrogen) atoms. The van der Waals surface area contributed by atoms with E-state index in [1.165, 1.54) is 0 Å². The van der Waals surface area contributed by atoms with E-state index >= 15 is 0 Å². The summed E-state index contributed by atoms with van der Waals surface area (Å²) in [6.45, 7) is 11.8. The van der Waals surface area contributed by atoms with Crippen LogP contribution >= 0.6 is 24.0 Å². The van der Waals surface area contributed by atoms with Crippen LogP contribution in [0.25, 0.3) is 0 Å². The first kappa shape index (κ1) is 27.9. The fourth-order valence-electron chi connectivity index (χ4n) is 3.57. The summed E-state index contributed by atoms with van der Waals surface area (Å²) < 4.78 is 11.5. The second-order valence-electron chi connectivity index (χ2n) is 7.65. The van der Waals surface area contributed by atoms with Gasteiger partial charge in [0.05, 0.1) is 19.8 Å². The summed E-state index contributed by atoms with van der Waals surface area (Å²) >= 11 is 0. The Kier molecular flexibility index (Phi) is 15.7. The second-order valence-corrected chi connectivity index (χ2v) is 7.65. The maximum Gasteiger partial charge on any atom is 0.191 e. The van der Waals surface area contributed by atoms with Crippen LogP contribution in [-0.4, -0.2) is 75.1 Å². The van der Waals surface area contributed by atoms with E-state index in [1.54, 1.807) is 0 Å². The molecule has 2 rings (SSSR count). The lowest BCUT2D eigenvalue weighted by Crippen LogP contribution is -2.40. The zero-order chi connectivity index (χ0) is 21.4. The molecule has 7 nitrogen and oxygen atoms in total. The number of aliphatic hydroxyl groups is 1. The molecule has 0 amide bonds. The van der Waals surface area contributed by atoms with Gasteiger partial charge in [0.15, 0.2) is 5.96 Å². The number of para-hydroxylation sites is 1. The number of benzene rings is 1. The zero-order valence-corrected chi connectivity index (χ0v) is 21.5. The van der Waals surface area contributed by atoms with Gasteiger partial charge >= 0.3 is 0 Å². The van der Waals surface area contributed by atoms with Gasteiger partial charge < -0.3 is 25.2 Å². The molecule has 8 heteroatoms. The molecule has 0 saturated carbocycles. The van der Waals surface area contributed by atoms with E-state index in [-0.39, 0.29) is 30.6 Å². The first-order valence-electron chi connectivity index (χ1n) is 11.4. The van der Waals surface area contributed by atoms with Crippen LogP contribution in [-0.2, 0) is 11.3 Å². The summed E-state index contributed by atoms with van der Waals surface area (Å²) in [5, 5.41) is 16.0. The van der Waals surface area contributed by atoms with Crippen molar-refractivity contribution >= 4 is 29.9 Å². The van der Waals surface area contributed by atoms with Crippen LogP contribution in [0, 0.1) is 5.92 Å². The van der Waals surface area contributed by atoms with E-state index in [2.05, 4.69) is 35.4 Å². The maximum absolute atomic E-state index is 9.27. The van der Waals surface area contributed by atoms with Gasteiger partial charge in [0.25, 0.3) is 0 Å². The molecule has 1 atom stereocenters. The summed E-state index contributed by atoms with van der Waals surface area (Å²) in [4.78, 5) is 7.13. The molecule has 0 aliphatic carbocycles. The van der Waals surface area contributed by atoms with Crippen LogP contribution in [0.5, 0.6) is 5.75 Å². The quantitative estimate of drug-likeness (QED) is 0.200. The Hall–Kier alpha value is -1.10. The van der Waals surface area contributed by atoms with E-state index in [9.17, 15) is 5.11 Å². The first-order chi connectivity index (χ1) is 14.8. The van der Waals surface area contributed by atoms with Crippen LogP contribution in [0.3, 0.4) is 0 Å². The minimum Gasteiger partial charge on any atom is -0.492 e. The summed E-state index contributed by atoms with van der Waals surface area (Å²) in [5.74, 6) is 2.16. The third-order valence-electron chi connectivity index (χ3n) is 5.29. The Balaban J connectivity index is 0.00000480. The van der Waals surface area contributed by atoms with Gasteiger partial charge in [-0.2, -0.15) is 0 Å². The molecule has 0 radical (unpaired) electrons. The van der Waals surface area contributed by atoms with Crippen LogP contribution in [0.4, 0.5) is 0 Å². The van der Waals surface area contributed by atoms with Crippen molar-refractivity contribution in [2.45, 2.75) is 39.7 Å². The number of ether oxygens (including phenoxy) is 2. The van der Waals surface area contributed by atoms with Gasteiger partial charge in [-0.15, -0.1) is 24.0 Å². The van der Waals surface area contributed by atoms with Crippen LogP contribution in [0.15, 0.2) is 29.3 Å². The van der Waals surface area contributed by atoms with E-state index in [0.29, 0.717) is 19.1 Å². The van der Waals surface area contributed by atoms with Gasteiger partial charge in [-0.25, -0.2) is 4.99 Å². The molecular weight excluding hydrogens is 507 g/mol. The maximum atomic E-state index is 9.27. The highest BCUT2D eigenvalue weighted by molar-refractivity contribution is 14.0. The Morgan fingerprint density at radius 3 is 2.68 bits per heavy atom. The summed E-state index contributed by atoms with van der Waals surface area (Å²) in [5.41, 5.74) is 1.08. The normalized spacial score (nSPS) is 15.8. The molecule has 0 spiro atoms. The number of halogens is 1. The van der Waals surface area contributed by atoms with Crippen LogP contribution in [0.2, 0.25) is 0 Å². The van der Waals surface area contributed by atoms with Crippen molar-refractivity contribution in [1.82, 2.24) is 15.5 Å². The van der Waals surface area contributed by atoms with Crippen molar-refractivity contribution in [3.05, 3.63) is 29.8 Å². The smallest absolute Gasteiger partial charge is 0.191 e. The number of hydrogen-bond donors (Lipinski definition) is 3. The van der Waals surface area contributed by atoms with Crippen molar-refractivity contribution < 1.29 is 14.6 Å². The fourth-order valence-corrected chi connectivity index (χ4v) is 3.57. The Bertz CT molecular complexity index is 606. The zero-order valence-electron chi connectivity index (χ0n) is 19.1. The van der Waals surface area contributed by atoms with Crippen molar-refractivity contribution in [3.63, 3.8) is 0 Å². The number of morpholine rings is 1. The van der Waals surface area contributed by atoms with Gasteiger partial charge in [-0.05, 0) is 31.7 Å². The fraction of sp³-hybridized carbons (Fsp3) is 0.696. The molecule has 1 aliphatic heterocycles. The number of nitrogens with one attached hydrogen (secondary N) is 2. The van der Waals surface area contributed by atoms with E-state index in [0.717, 1.165) is 82.5 Å². The average Bonchev–Trinajstić information content (AvgIpc) is 2.77. The molecule has 0 bridgehead atoms. The third kappa shape index (κ3) is 11.4. The molecule has 1 unspecified atom stereocenters. The van der Waals surface area contributed by atoms with Crippen LogP contribution < -0.4 is 15.4 Å². The predicted molar refractivity (Wildman–Crippen MR) is 138 cm³/mol. The topological polar surface area (TPSA) is 78.3 Å². The lowest BCUT2D eigenvalue weighted by molar-refractivity contribution is 0.0322. The van der Waals surface area contributed by atoms with Gasteiger partial charge in [0, 0.05) is 44.9 Å². The molecule has 3 N–H and O–H groups in total. The summed E-state index contributed by atoms with van der Waals surface area (Å²) in [6, 6.07) is 8.12. The Labute approximate surface area is 205 Å². The van der Waals surface area contributed by atoms with Gasteiger partial charge in [0.1, 0.15) is 12.4 Å². The van der Waals surface area contributed by atoms with Crippen molar-refractivity contribution in [2.24, 2.45) is 10.9 Å².